The third-order valence-electron chi connectivity index (χ3n) is 2.97. The molecule has 2 rings (SSSR count). The quantitative estimate of drug-likeness (QED) is 0.742. The molecule has 1 aromatic rings. The highest BCUT2D eigenvalue weighted by Gasteiger charge is 2.13. The van der Waals surface area contributed by atoms with Crippen LogP contribution in [0.25, 0.3) is 0 Å². The van der Waals surface area contributed by atoms with Crippen LogP contribution >= 0.6 is 0 Å². The van der Waals surface area contributed by atoms with E-state index in [9.17, 15) is 4.79 Å². The number of nitrogens with zero attached hydrogens (tertiary/aromatic N) is 2. The zero-order valence-corrected chi connectivity index (χ0v) is 10.6. The minimum Gasteiger partial charge on any atom is -0.461 e. The zero-order valence-electron chi connectivity index (χ0n) is 10.6. The molecule has 5 heteroatoms. The van der Waals surface area contributed by atoms with Crippen molar-refractivity contribution in [3.8, 4) is 0 Å². The van der Waals surface area contributed by atoms with Crippen molar-refractivity contribution in [2.45, 2.75) is 6.92 Å². The molecule has 2 heterocycles. The van der Waals surface area contributed by atoms with Crippen LogP contribution in [-0.4, -0.2) is 55.3 Å². The van der Waals surface area contributed by atoms with Crippen LogP contribution in [0.4, 0.5) is 0 Å². The lowest BCUT2D eigenvalue weighted by Crippen LogP contribution is -2.38. The normalized spacial score (nSPS) is 16.5. The maximum Gasteiger partial charge on any atom is 0.340 e. The Kier molecular flexibility index (Phi) is 4.66. The molecule has 1 aliphatic heterocycles. The Morgan fingerprint density at radius 3 is 3.00 bits per heavy atom. The fourth-order valence-corrected chi connectivity index (χ4v) is 1.87. The van der Waals surface area contributed by atoms with Gasteiger partial charge in [0.15, 0.2) is 0 Å². The number of carbonyl (C=O) groups excluding carboxylic acids is 1. The third kappa shape index (κ3) is 3.51. The molecule has 1 saturated heterocycles. The van der Waals surface area contributed by atoms with Crippen LogP contribution in [0, 0.1) is 6.92 Å². The Morgan fingerprint density at radius 1 is 1.50 bits per heavy atom. The summed E-state index contributed by atoms with van der Waals surface area (Å²) >= 11 is 0. The van der Waals surface area contributed by atoms with E-state index in [1.807, 2.05) is 0 Å². The van der Waals surface area contributed by atoms with E-state index < -0.39 is 0 Å². The Hall–Kier alpha value is -1.46. The Bertz CT molecular complexity index is 403. The molecule has 0 saturated carbocycles. The predicted octanol–water partition coefficient (Wildman–Crippen LogP) is 0.879. The first-order chi connectivity index (χ1) is 8.77. The fraction of sp³-hybridized carbons (Fsp3) is 0.538. The van der Waals surface area contributed by atoms with Crippen LogP contribution in [0.3, 0.4) is 0 Å². The highest BCUT2D eigenvalue weighted by Crippen LogP contribution is 2.05. The molecule has 0 bridgehead atoms. The molecule has 0 amide bonds. The number of aromatic nitrogens is 1. The number of rotatable bonds is 4. The summed E-state index contributed by atoms with van der Waals surface area (Å²) in [5.41, 5.74) is 1.24. The molecular weight excluding hydrogens is 232 g/mol. The molecule has 18 heavy (non-hydrogen) atoms. The summed E-state index contributed by atoms with van der Waals surface area (Å²) in [5, 5.41) is 0. The van der Waals surface area contributed by atoms with Crippen molar-refractivity contribution < 1.29 is 14.3 Å². The number of pyridine rings is 1. The first-order valence-corrected chi connectivity index (χ1v) is 6.16. The van der Waals surface area contributed by atoms with Crippen molar-refractivity contribution in [3.63, 3.8) is 0 Å². The monoisotopic (exact) mass is 250 g/mol. The van der Waals surface area contributed by atoms with Crippen LogP contribution in [0.1, 0.15) is 16.1 Å². The molecule has 0 spiro atoms. The number of hydrogen-bond acceptors (Lipinski definition) is 5. The number of aryl methyl sites for hydroxylation is 1. The highest BCUT2D eigenvalue weighted by atomic mass is 16.5. The van der Waals surface area contributed by atoms with Gasteiger partial charge < -0.3 is 9.47 Å². The molecule has 1 aromatic heterocycles. The summed E-state index contributed by atoms with van der Waals surface area (Å²) in [4.78, 5) is 18.1. The Morgan fingerprint density at radius 2 is 2.28 bits per heavy atom. The minimum atomic E-state index is -0.297. The number of morpholine rings is 1. The summed E-state index contributed by atoms with van der Waals surface area (Å²) in [5.74, 6) is -0.297. The van der Waals surface area contributed by atoms with E-state index in [2.05, 4.69) is 9.88 Å². The van der Waals surface area contributed by atoms with Crippen molar-refractivity contribution in [2.75, 3.05) is 39.5 Å². The average Bonchev–Trinajstić information content (AvgIpc) is 2.40. The number of esters is 1. The first-order valence-electron chi connectivity index (χ1n) is 6.16. The van der Waals surface area contributed by atoms with Gasteiger partial charge in [0.2, 0.25) is 0 Å². The summed E-state index contributed by atoms with van der Waals surface area (Å²) < 4.78 is 10.5. The van der Waals surface area contributed by atoms with Crippen molar-refractivity contribution in [1.29, 1.82) is 0 Å². The Labute approximate surface area is 107 Å². The van der Waals surface area contributed by atoms with Crippen molar-refractivity contribution in [2.24, 2.45) is 0 Å². The second-order valence-electron chi connectivity index (χ2n) is 4.23. The maximum atomic E-state index is 11.8. The van der Waals surface area contributed by atoms with Crippen LogP contribution in [0.15, 0.2) is 18.3 Å². The standard InChI is InChI=1S/C13H18N2O3/c1-11-12(3-2-4-14-11)13(16)18-10-7-15-5-8-17-9-6-15/h2-4H,5-10H2,1H3. The van der Waals surface area contributed by atoms with E-state index in [1.165, 1.54) is 0 Å². The van der Waals surface area contributed by atoms with Gasteiger partial charge in [0.25, 0.3) is 0 Å². The molecule has 1 fully saturated rings. The topological polar surface area (TPSA) is 51.7 Å². The second kappa shape index (κ2) is 6.47. The van der Waals surface area contributed by atoms with Crippen molar-refractivity contribution in [3.05, 3.63) is 29.6 Å². The molecule has 1 aliphatic rings. The van der Waals surface area contributed by atoms with Gasteiger partial charge in [-0.25, -0.2) is 4.79 Å². The summed E-state index contributed by atoms with van der Waals surface area (Å²) in [7, 11) is 0. The molecule has 0 aliphatic carbocycles. The Balaban J connectivity index is 1.76. The van der Waals surface area contributed by atoms with Crippen molar-refractivity contribution in [1.82, 2.24) is 9.88 Å². The lowest BCUT2D eigenvalue weighted by Gasteiger charge is -2.26. The number of hydrogen-bond donors (Lipinski definition) is 0. The lowest BCUT2D eigenvalue weighted by atomic mass is 10.2. The smallest absolute Gasteiger partial charge is 0.340 e. The van der Waals surface area contributed by atoms with E-state index in [0.717, 1.165) is 32.8 Å². The largest absolute Gasteiger partial charge is 0.461 e. The van der Waals surface area contributed by atoms with Gasteiger partial charge in [-0.15, -0.1) is 0 Å². The highest BCUT2D eigenvalue weighted by molar-refractivity contribution is 5.90. The second-order valence-corrected chi connectivity index (χ2v) is 4.23. The fourth-order valence-electron chi connectivity index (χ4n) is 1.87. The van der Waals surface area contributed by atoms with Gasteiger partial charge in [-0.2, -0.15) is 0 Å². The molecule has 0 atom stereocenters. The van der Waals surface area contributed by atoms with Gasteiger partial charge in [0.05, 0.1) is 24.5 Å². The van der Waals surface area contributed by atoms with Crippen LogP contribution in [0.5, 0.6) is 0 Å². The summed E-state index contributed by atoms with van der Waals surface area (Å²) in [6.07, 6.45) is 1.67. The molecular formula is C13H18N2O3. The molecule has 5 nitrogen and oxygen atoms in total. The maximum absolute atomic E-state index is 11.8. The van der Waals surface area contributed by atoms with E-state index in [4.69, 9.17) is 9.47 Å². The van der Waals surface area contributed by atoms with Gasteiger partial charge in [0, 0.05) is 25.8 Å². The average molecular weight is 250 g/mol. The van der Waals surface area contributed by atoms with Gasteiger partial charge in [-0.1, -0.05) is 0 Å². The van der Waals surface area contributed by atoms with E-state index in [0.29, 0.717) is 17.9 Å². The zero-order chi connectivity index (χ0) is 12.8. The lowest BCUT2D eigenvalue weighted by molar-refractivity contribution is 0.0195. The van der Waals surface area contributed by atoms with Gasteiger partial charge in [-0.05, 0) is 19.1 Å². The predicted molar refractivity (Wildman–Crippen MR) is 66.5 cm³/mol. The van der Waals surface area contributed by atoms with Gasteiger partial charge >= 0.3 is 5.97 Å². The molecule has 98 valence electrons. The minimum absolute atomic E-state index is 0.297. The first kappa shape index (κ1) is 13.0. The SMILES string of the molecule is Cc1ncccc1C(=O)OCCN1CCOCC1. The van der Waals surface area contributed by atoms with Gasteiger partial charge in [0.1, 0.15) is 6.61 Å². The van der Waals surface area contributed by atoms with Crippen LogP contribution in [0.2, 0.25) is 0 Å². The van der Waals surface area contributed by atoms with Crippen molar-refractivity contribution >= 4 is 5.97 Å². The van der Waals surface area contributed by atoms with E-state index in [1.54, 1.807) is 25.3 Å². The van der Waals surface area contributed by atoms with Gasteiger partial charge in [-0.3, -0.25) is 9.88 Å². The van der Waals surface area contributed by atoms with E-state index in [-0.39, 0.29) is 5.97 Å². The summed E-state index contributed by atoms with van der Waals surface area (Å²) in [6, 6.07) is 3.48. The molecule has 0 N–H and O–H groups in total. The third-order valence-corrected chi connectivity index (χ3v) is 2.97. The van der Waals surface area contributed by atoms with Crippen LogP contribution < -0.4 is 0 Å². The number of carbonyl (C=O) groups is 1. The van der Waals surface area contributed by atoms with Crippen LogP contribution in [-0.2, 0) is 9.47 Å². The molecule has 0 radical (unpaired) electrons. The molecule has 0 aromatic carbocycles. The number of ether oxygens (including phenoxy) is 2. The van der Waals surface area contributed by atoms with E-state index >= 15 is 0 Å². The summed E-state index contributed by atoms with van der Waals surface area (Å²) in [6.45, 7) is 6.30. The molecule has 0 unspecified atom stereocenters.